The average Bonchev–Trinajstić information content (AvgIpc) is 2.40. The number of carbonyl (C=O) groups is 1. The van der Waals surface area contributed by atoms with Crippen molar-refractivity contribution >= 4 is 17.4 Å². The second-order valence-electron chi connectivity index (χ2n) is 4.49. The van der Waals surface area contributed by atoms with Crippen LogP contribution >= 0.6 is 11.6 Å². The highest BCUT2D eigenvalue weighted by Gasteiger charge is 2.16. The molecular formula is C16H15ClO2. The van der Waals surface area contributed by atoms with E-state index in [9.17, 15) is 4.79 Å². The van der Waals surface area contributed by atoms with Crippen molar-refractivity contribution in [2.24, 2.45) is 0 Å². The summed E-state index contributed by atoms with van der Waals surface area (Å²) in [6.07, 6.45) is 0. The molecule has 2 nitrogen and oxygen atoms in total. The summed E-state index contributed by atoms with van der Waals surface area (Å²) in [5, 5.41) is 0.556. The van der Waals surface area contributed by atoms with Crippen LogP contribution in [0.2, 0.25) is 5.02 Å². The van der Waals surface area contributed by atoms with Gasteiger partial charge in [0, 0.05) is 10.6 Å². The van der Waals surface area contributed by atoms with Crippen molar-refractivity contribution in [1.29, 1.82) is 0 Å². The van der Waals surface area contributed by atoms with E-state index < -0.39 is 0 Å². The van der Waals surface area contributed by atoms with E-state index in [0.29, 0.717) is 21.9 Å². The van der Waals surface area contributed by atoms with E-state index in [1.54, 1.807) is 19.2 Å². The third-order valence-electron chi connectivity index (χ3n) is 3.04. The number of ether oxygens (including phenoxy) is 1. The normalized spacial score (nSPS) is 10.3. The number of hydrogen-bond acceptors (Lipinski definition) is 2. The van der Waals surface area contributed by atoms with Gasteiger partial charge in [0.25, 0.3) is 0 Å². The van der Waals surface area contributed by atoms with Gasteiger partial charge in [0.1, 0.15) is 5.75 Å². The Labute approximate surface area is 118 Å². The van der Waals surface area contributed by atoms with Crippen LogP contribution in [0.15, 0.2) is 36.4 Å². The maximum atomic E-state index is 12.6. The first-order valence-corrected chi connectivity index (χ1v) is 6.36. The van der Waals surface area contributed by atoms with E-state index in [1.807, 2.05) is 38.1 Å². The molecule has 0 heterocycles. The molecule has 2 aromatic rings. The molecule has 2 rings (SSSR count). The molecule has 0 aliphatic rings. The summed E-state index contributed by atoms with van der Waals surface area (Å²) in [6, 6.07) is 10.9. The molecule has 0 spiro atoms. The van der Waals surface area contributed by atoms with Crippen LogP contribution in [0.4, 0.5) is 0 Å². The molecule has 0 saturated heterocycles. The van der Waals surface area contributed by atoms with Gasteiger partial charge in [0.15, 0.2) is 5.78 Å². The predicted octanol–water partition coefficient (Wildman–Crippen LogP) is 4.20. The smallest absolute Gasteiger partial charge is 0.197 e. The fourth-order valence-electron chi connectivity index (χ4n) is 1.98. The fraction of sp³-hybridized carbons (Fsp3) is 0.188. The summed E-state index contributed by atoms with van der Waals surface area (Å²) in [7, 11) is 1.56. The highest BCUT2D eigenvalue weighted by Crippen LogP contribution is 2.25. The Balaban J connectivity index is 2.55. The molecule has 0 aliphatic carbocycles. The van der Waals surface area contributed by atoms with Gasteiger partial charge < -0.3 is 4.74 Å². The van der Waals surface area contributed by atoms with Crippen LogP contribution in [-0.4, -0.2) is 12.9 Å². The van der Waals surface area contributed by atoms with Gasteiger partial charge in [-0.3, -0.25) is 4.79 Å². The zero-order chi connectivity index (χ0) is 14.0. The second-order valence-corrected chi connectivity index (χ2v) is 4.93. The fourth-order valence-corrected chi connectivity index (χ4v) is 2.16. The van der Waals surface area contributed by atoms with Crippen molar-refractivity contribution in [3.05, 3.63) is 63.7 Å². The van der Waals surface area contributed by atoms with Crippen molar-refractivity contribution in [3.63, 3.8) is 0 Å². The number of halogens is 1. The Morgan fingerprint density at radius 1 is 1.05 bits per heavy atom. The molecule has 0 amide bonds. The molecule has 0 atom stereocenters. The molecular weight excluding hydrogens is 260 g/mol. The maximum absolute atomic E-state index is 12.6. The number of aryl methyl sites for hydroxylation is 2. The molecule has 19 heavy (non-hydrogen) atoms. The molecule has 0 bridgehead atoms. The number of benzene rings is 2. The molecule has 0 N–H and O–H groups in total. The molecule has 0 aliphatic heterocycles. The Morgan fingerprint density at radius 2 is 1.79 bits per heavy atom. The average molecular weight is 275 g/mol. The summed E-state index contributed by atoms with van der Waals surface area (Å²) >= 11 is 5.97. The van der Waals surface area contributed by atoms with Gasteiger partial charge in [0.05, 0.1) is 12.7 Å². The summed E-state index contributed by atoms with van der Waals surface area (Å²) in [5.74, 6) is 0.510. The van der Waals surface area contributed by atoms with Crippen LogP contribution in [0.25, 0.3) is 0 Å². The van der Waals surface area contributed by atoms with Gasteiger partial charge in [0.2, 0.25) is 0 Å². The standard InChI is InChI=1S/C16H15ClO2/c1-10-4-7-15(19-3)14(8-10)16(18)13-9-12(17)6-5-11(13)2/h4-9H,1-3H3. The Morgan fingerprint density at radius 3 is 2.47 bits per heavy atom. The monoisotopic (exact) mass is 274 g/mol. The minimum absolute atomic E-state index is 0.0689. The van der Waals surface area contributed by atoms with E-state index in [0.717, 1.165) is 11.1 Å². The number of carbonyl (C=O) groups excluding carboxylic acids is 1. The van der Waals surface area contributed by atoms with Crippen molar-refractivity contribution in [2.75, 3.05) is 7.11 Å². The van der Waals surface area contributed by atoms with Gasteiger partial charge in [-0.2, -0.15) is 0 Å². The van der Waals surface area contributed by atoms with Crippen molar-refractivity contribution in [2.45, 2.75) is 13.8 Å². The maximum Gasteiger partial charge on any atom is 0.197 e. The third-order valence-corrected chi connectivity index (χ3v) is 3.28. The van der Waals surface area contributed by atoms with E-state index in [4.69, 9.17) is 16.3 Å². The number of methoxy groups -OCH3 is 1. The highest BCUT2D eigenvalue weighted by atomic mass is 35.5. The third kappa shape index (κ3) is 2.79. The topological polar surface area (TPSA) is 26.3 Å². The largest absolute Gasteiger partial charge is 0.496 e. The van der Waals surface area contributed by atoms with Gasteiger partial charge in [-0.25, -0.2) is 0 Å². The van der Waals surface area contributed by atoms with Crippen LogP contribution in [0.1, 0.15) is 27.0 Å². The lowest BCUT2D eigenvalue weighted by Gasteiger charge is -2.10. The molecule has 0 radical (unpaired) electrons. The lowest BCUT2D eigenvalue weighted by atomic mass is 9.97. The first kappa shape index (κ1) is 13.6. The molecule has 3 heteroatoms. The lowest BCUT2D eigenvalue weighted by molar-refractivity contribution is 0.103. The van der Waals surface area contributed by atoms with Crippen molar-refractivity contribution in [1.82, 2.24) is 0 Å². The summed E-state index contributed by atoms with van der Waals surface area (Å²) in [6.45, 7) is 3.84. The van der Waals surface area contributed by atoms with Crippen molar-refractivity contribution < 1.29 is 9.53 Å². The summed E-state index contributed by atoms with van der Waals surface area (Å²) < 4.78 is 5.26. The van der Waals surface area contributed by atoms with Crippen LogP contribution in [0, 0.1) is 13.8 Å². The van der Waals surface area contributed by atoms with E-state index >= 15 is 0 Å². The first-order valence-electron chi connectivity index (χ1n) is 5.98. The highest BCUT2D eigenvalue weighted by molar-refractivity contribution is 6.31. The van der Waals surface area contributed by atoms with Crippen LogP contribution in [-0.2, 0) is 0 Å². The van der Waals surface area contributed by atoms with Gasteiger partial charge in [-0.15, -0.1) is 0 Å². The van der Waals surface area contributed by atoms with Gasteiger partial charge in [-0.05, 0) is 43.7 Å². The number of ketones is 1. The molecule has 98 valence electrons. The molecule has 0 saturated carbocycles. The van der Waals surface area contributed by atoms with Crippen molar-refractivity contribution in [3.8, 4) is 5.75 Å². The quantitative estimate of drug-likeness (QED) is 0.784. The minimum atomic E-state index is -0.0689. The summed E-state index contributed by atoms with van der Waals surface area (Å²) in [5.41, 5.74) is 3.09. The Kier molecular flexibility index (Phi) is 3.91. The van der Waals surface area contributed by atoms with E-state index in [-0.39, 0.29) is 5.78 Å². The van der Waals surface area contributed by atoms with E-state index in [1.165, 1.54) is 0 Å². The van der Waals surface area contributed by atoms with Crippen LogP contribution < -0.4 is 4.74 Å². The lowest BCUT2D eigenvalue weighted by Crippen LogP contribution is -2.06. The minimum Gasteiger partial charge on any atom is -0.496 e. The first-order chi connectivity index (χ1) is 9.02. The SMILES string of the molecule is COc1ccc(C)cc1C(=O)c1cc(Cl)ccc1C. The zero-order valence-corrected chi connectivity index (χ0v) is 11.9. The Bertz CT molecular complexity index is 633. The van der Waals surface area contributed by atoms with Crippen LogP contribution in [0.3, 0.4) is 0 Å². The molecule has 2 aromatic carbocycles. The Hall–Kier alpha value is -1.80. The van der Waals surface area contributed by atoms with E-state index in [2.05, 4.69) is 0 Å². The van der Waals surface area contributed by atoms with Gasteiger partial charge in [-0.1, -0.05) is 29.3 Å². The zero-order valence-electron chi connectivity index (χ0n) is 11.2. The molecule has 0 fully saturated rings. The molecule has 0 aromatic heterocycles. The second kappa shape index (κ2) is 5.45. The number of hydrogen-bond donors (Lipinski definition) is 0. The molecule has 0 unspecified atom stereocenters. The number of rotatable bonds is 3. The van der Waals surface area contributed by atoms with Gasteiger partial charge >= 0.3 is 0 Å². The van der Waals surface area contributed by atoms with Crippen LogP contribution in [0.5, 0.6) is 5.75 Å². The predicted molar refractivity (Wildman–Crippen MR) is 77.4 cm³/mol. The summed E-state index contributed by atoms with van der Waals surface area (Å²) in [4.78, 5) is 12.6.